The van der Waals surface area contributed by atoms with E-state index in [0.29, 0.717) is 0 Å². The first kappa shape index (κ1) is 17.4. The summed E-state index contributed by atoms with van der Waals surface area (Å²) in [6.45, 7) is 8.94. The van der Waals surface area contributed by atoms with Gasteiger partial charge in [0.05, 0.1) is 5.69 Å². The van der Waals surface area contributed by atoms with Crippen molar-refractivity contribution in [2.75, 3.05) is 0 Å². The summed E-state index contributed by atoms with van der Waals surface area (Å²) in [6, 6.07) is 17.3. The van der Waals surface area contributed by atoms with Crippen LogP contribution in [0.5, 0.6) is 0 Å². The van der Waals surface area contributed by atoms with Crippen LogP contribution in [0.1, 0.15) is 31.2 Å². The van der Waals surface area contributed by atoms with Crippen LogP contribution < -0.4 is 0 Å². The molecule has 0 fully saturated rings. The quantitative estimate of drug-likeness (QED) is 0.310. The molecule has 0 saturated heterocycles. The van der Waals surface area contributed by atoms with Crippen LogP contribution in [0.4, 0.5) is 0 Å². The molecule has 0 aliphatic rings. The van der Waals surface area contributed by atoms with Crippen LogP contribution in [0, 0.1) is 12.3 Å². The van der Waals surface area contributed by atoms with Crippen LogP contribution in [0.25, 0.3) is 43.3 Å². The Hall–Kier alpha value is -2.65. The van der Waals surface area contributed by atoms with Gasteiger partial charge < -0.3 is 4.42 Å². The molecule has 140 valence electrons. The van der Waals surface area contributed by atoms with E-state index in [9.17, 15) is 0 Å². The van der Waals surface area contributed by atoms with Crippen LogP contribution in [0.3, 0.4) is 0 Å². The number of aromatic nitrogens is 1. The molecule has 28 heavy (non-hydrogen) atoms. The van der Waals surface area contributed by atoms with Crippen molar-refractivity contribution >= 4 is 43.4 Å². The molecule has 2 nitrogen and oxygen atoms in total. The lowest BCUT2D eigenvalue weighted by molar-refractivity contribution is 0.411. The number of fused-ring (bicyclic) bond motifs is 4. The zero-order valence-corrected chi connectivity index (χ0v) is 17.5. The third kappa shape index (κ3) is 3.00. The fourth-order valence-corrected chi connectivity index (χ4v) is 4.95. The molecule has 0 aliphatic heterocycles. The van der Waals surface area contributed by atoms with E-state index in [2.05, 4.69) is 81.2 Å². The van der Waals surface area contributed by atoms with Gasteiger partial charge in [-0.2, -0.15) is 0 Å². The lowest BCUT2D eigenvalue weighted by Crippen LogP contribution is -2.09. The van der Waals surface area contributed by atoms with Crippen LogP contribution >= 0.6 is 11.3 Å². The first-order chi connectivity index (χ1) is 13.4. The van der Waals surface area contributed by atoms with E-state index in [4.69, 9.17) is 4.42 Å². The predicted molar refractivity (Wildman–Crippen MR) is 120 cm³/mol. The maximum Gasteiger partial charge on any atom is 0.144 e. The topological polar surface area (TPSA) is 26.0 Å². The van der Waals surface area contributed by atoms with Gasteiger partial charge in [0.25, 0.3) is 0 Å². The van der Waals surface area contributed by atoms with Crippen molar-refractivity contribution in [2.24, 2.45) is 5.41 Å². The number of aryl methyl sites for hydroxylation is 1. The molecule has 0 bridgehead atoms. The third-order valence-electron chi connectivity index (χ3n) is 5.09. The van der Waals surface area contributed by atoms with E-state index >= 15 is 0 Å². The number of hydrogen-bond donors (Lipinski definition) is 0. The fraction of sp³-hybridized carbons (Fsp3) is 0.240. The molecule has 0 amide bonds. The summed E-state index contributed by atoms with van der Waals surface area (Å²) in [7, 11) is 0. The highest BCUT2D eigenvalue weighted by molar-refractivity contribution is 7.19. The summed E-state index contributed by atoms with van der Waals surface area (Å²) in [6.07, 6.45) is 2.94. The lowest BCUT2D eigenvalue weighted by Gasteiger charge is -2.18. The predicted octanol–water partition coefficient (Wildman–Crippen LogP) is 7.76. The number of thiophene rings is 1. The van der Waals surface area contributed by atoms with Crippen LogP contribution in [-0.2, 0) is 6.42 Å². The molecule has 2 aromatic carbocycles. The van der Waals surface area contributed by atoms with Crippen LogP contribution in [-0.4, -0.2) is 4.98 Å². The Morgan fingerprint density at radius 2 is 1.86 bits per heavy atom. The van der Waals surface area contributed by atoms with Gasteiger partial charge in [-0.05, 0) is 66.1 Å². The Balaban J connectivity index is 1.71. The van der Waals surface area contributed by atoms with Crippen molar-refractivity contribution in [3.05, 3.63) is 65.2 Å². The maximum absolute atomic E-state index is 6.36. The monoisotopic (exact) mass is 385 g/mol. The van der Waals surface area contributed by atoms with E-state index in [1.54, 1.807) is 0 Å². The van der Waals surface area contributed by atoms with Crippen LogP contribution in [0.2, 0.25) is 0 Å². The Labute approximate surface area is 168 Å². The normalized spacial score (nSPS) is 12.4. The zero-order valence-electron chi connectivity index (χ0n) is 16.7. The maximum atomic E-state index is 6.36. The first-order valence-corrected chi connectivity index (χ1v) is 10.5. The molecule has 5 aromatic rings. The number of benzene rings is 2. The molecule has 0 atom stereocenters. The second-order valence-electron chi connectivity index (χ2n) is 8.81. The average Bonchev–Trinajstić information content (AvgIpc) is 3.16. The van der Waals surface area contributed by atoms with Gasteiger partial charge in [-0.15, -0.1) is 11.3 Å². The number of para-hydroxylation sites is 1. The van der Waals surface area contributed by atoms with Gasteiger partial charge in [0, 0.05) is 32.1 Å². The lowest BCUT2D eigenvalue weighted by atomic mass is 9.88. The number of rotatable bonds is 2. The minimum absolute atomic E-state index is 0.244. The largest absolute Gasteiger partial charge is 0.455 e. The highest BCUT2D eigenvalue weighted by atomic mass is 32.1. The van der Waals surface area contributed by atoms with Crippen molar-refractivity contribution < 1.29 is 4.42 Å². The van der Waals surface area contributed by atoms with E-state index in [-0.39, 0.29) is 5.41 Å². The summed E-state index contributed by atoms with van der Waals surface area (Å²) in [4.78, 5) is 5.99. The molecular weight excluding hydrogens is 362 g/mol. The average molecular weight is 386 g/mol. The molecule has 5 rings (SSSR count). The minimum atomic E-state index is 0.244. The molecule has 0 unspecified atom stereocenters. The van der Waals surface area contributed by atoms with Gasteiger partial charge in [0.2, 0.25) is 0 Å². The molecule has 3 heteroatoms. The second kappa shape index (κ2) is 6.18. The zero-order chi connectivity index (χ0) is 19.5. The Kier molecular flexibility index (Phi) is 3.85. The molecule has 0 N–H and O–H groups in total. The van der Waals surface area contributed by atoms with E-state index < -0.39 is 0 Å². The molecule has 0 spiro atoms. The van der Waals surface area contributed by atoms with Gasteiger partial charge in [-0.3, -0.25) is 4.98 Å². The Bertz CT molecular complexity index is 1330. The SMILES string of the molecule is Cc1cc2cc3oc4c(-c5cc(CC(C)(C)C)ccn5)cccc4c3cc2s1. The smallest absolute Gasteiger partial charge is 0.144 e. The standard InChI is InChI=1S/C25H23NOS/c1-15-10-17-12-22-20(13-23(17)28-15)18-6-5-7-19(24(18)27-22)21-11-16(8-9-26-21)14-25(2,3)4/h5-13H,14H2,1-4H3. The Morgan fingerprint density at radius 1 is 1.00 bits per heavy atom. The van der Waals surface area contributed by atoms with Crippen molar-refractivity contribution in [3.8, 4) is 11.3 Å². The summed E-state index contributed by atoms with van der Waals surface area (Å²) >= 11 is 1.83. The highest BCUT2D eigenvalue weighted by Crippen LogP contribution is 2.38. The number of pyridine rings is 1. The van der Waals surface area contributed by atoms with Gasteiger partial charge in [-0.25, -0.2) is 0 Å². The van der Waals surface area contributed by atoms with Crippen LogP contribution in [0.15, 0.2) is 59.1 Å². The number of nitrogens with zero attached hydrogens (tertiary/aromatic N) is 1. The van der Waals surface area contributed by atoms with E-state index in [1.807, 2.05) is 17.5 Å². The molecule has 3 heterocycles. The van der Waals surface area contributed by atoms with Crippen molar-refractivity contribution in [2.45, 2.75) is 34.1 Å². The van der Waals surface area contributed by atoms with Gasteiger partial charge in [0.1, 0.15) is 11.2 Å². The highest BCUT2D eigenvalue weighted by Gasteiger charge is 2.16. The van der Waals surface area contributed by atoms with Crippen molar-refractivity contribution in [3.63, 3.8) is 0 Å². The first-order valence-electron chi connectivity index (χ1n) is 9.68. The second-order valence-corrected chi connectivity index (χ2v) is 10.1. The van der Waals surface area contributed by atoms with Gasteiger partial charge in [-0.1, -0.05) is 32.9 Å². The number of furan rings is 1. The summed E-state index contributed by atoms with van der Waals surface area (Å²) in [5, 5.41) is 3.58. The summed E-state index contributed by atoms with van der Waals surface area (Å²) in [5.74, 6) is 0. The van der Waals surface area contributed by atoms with Crippen molar-refractivity contribution in [1.29, 1.82) is 0 Å². The molecular formula is C25H23NOS. The fourth-order valence-electron chi connectivity index (χ4n) is 4.01. The Morgan fingerprint density at radius 3 is 2.68 bits per heavy atom. The van der Waals surface area contributed by atoms with E-state index in [0.717, 1.165) is 34.2 Å². The minimum Gasteiger partial charge on any atom is -0.455 e. The summed E-state index contributed by atoms with van der Waals surface area (Å²) in [5.41, 5.74) is 5.45. The molecule has 0 radical (unpaired) electrons. The van der Waals surface area contributed by atoms with Gasteiger partial charge in [0.15, 0.2) is 0 Å². The van der Waals surface area contributed by atoms with Crippen molar-refractivity contribution in [1.82, 2.24) is 4.98 Å². The van der Waals surface area contributed by atoms with E-state index in [1.165, 1.54) is 25.9 Å². The molecule has 3 aromatic heterocycles. The molecule has 0 aliphatic carbocycles. The third-order valence-corrected chi connectivity index (χ3v) is 6.11. The molecule has 0 saturated carbocycles. The van der Waals surface area contributed by atoms with Gasteiger partial charge >= 0.3 is 0 Å². The summed E-state index contributed by atoms with van der Waals surface area (Å²) < 4.78 is 7.67. The number of hydrogen-bond acceptors (Lipinski definition) is 3.